The third kappa shape index (κ3) is 4.41. The standard InChI is InChI=1S/C28H29FO2/c1-3-5-6-7-8-9-19-10-12-21(13-11-19)22-15-16-23-24-17-14-20(4-2)26(29)27(24)31-28(30)25(23)18-22/h10-18H,3-9H2,1-2H3. The third-order valence-corrected chi connectivity index (χ3v) is 6.14. The van der Waals surface area contributed by atoms with Gasteiger partial charge in [0.25, 0.3) is 0 Å². The summed E-state index contributed by atoms with van der Waals surface area (Å²) in [7, 11) is 0. The molecule has 0 fully saturated rings. The fourth-order valence-electron chi connectivity index (χ4n) is 4.25. The van der Waals surface area contributed by atoms with Crippen LogP contribution in [-0.2, 0) is 12.8 Å². The summed E-state index contributed by atoms with van der Waals surface area (Å²) in [5, 5.41) is 1.84. The molecule has 0 saturated carbocycles. The molecule has 0 radical (unpaired) electrons. The zero-order valence-corrected chi connectivity index (χ0v) is 18.3. The fourth-order valence-corrected chi connectivity index (χ4v) is 4.25. The van der Waals surface area contributed by atoms with Gasteiger partial charge >= 0.3 is 5.63 Å². The van der Waals surface area contributed by atoms with Crippen molar-refractivity contribution in [3.63, 3.8) is 0 Å². The van der Waals surface area contributed by atoms with Gasteiger partial charge in [0, 0.05) is 10.8 Å². The molecule has 3 aromatic carbocycles. The van der Waals surface area contributed by atoms with Crippen LogP contribution in [0.2, 0.25) is 0 Å². The molecule has 0 saturated heterocycles. The van der Waals surface area contributed by atoms with Crippen molar-refractivity contribution in [2.45, 2.75) is 58.8 Å². The summed E-state index contributed by atoms with van der Waals surface area (Å²) in [4.78, 5) is 12.6. The summed E-state index contributed by atoms with van der Waals surface area (Å²) < 4.78 is 20.1. The molecule has 31 heavy (non-hydrogen) atoms. The molecule has 0 bridgehead atoms. The summed E-state index contributed by atoms with van der Waals surface area (Å²) in [5.41, 5.74) is 3.46. The van der Waals surface area contributed by atoms with Gasteiger partial charge in [0.2, 0.25) is 0 Å². The molecule has 3 heteroatoms. The monoisotopic (exact) mass is 416 g/mol. The number of unbranched alkanes of at least 4 members (excludes halogenated alkanes) is 4. The van der Waals surface area contributed by atoms with Gasteiger partial charge in [-0.3, -0.25) is 0 Å². The van der Waals surface area contributed by atoms with Crippen molar-refractivity contribution in [3.8, 4) is 11.1 Å². The molecule has 0 aliphatic carbocycles. The molecular weight excluding hydrogens is 387 g/mol. The molecule has 4 aromatic rings. The van der Waals surface area contributed by atoms with Gasteiger partial charge in [0.15, 0.2) is 11.4 Å². The van der Waals surface area contributed by atoms with E-state index in [0.717, 1.165) is 22.9 Å². The number of fused-ring (bicyclic) bond motifs is 3. The fraction of sp³-hybridized carbons (Fsp3) is 0.321. The second-order valence-corrected chi connectivity index (χ2v) is 8.28. The predicted octanol–water partition coefficient (Wildman–Crippen LogP) is 7.83. The second kappa shape index (κ2) is 9.47. The van der Waals surface area contributed by atoms with Crippen LogP contribution in [0, 0.1) is 5.82 Å². The highest BCUT2D eigenvalue weighted by atomic mass is 19.1. The summed E-state index contributed by atoms with van der Waals surface area (Å²) in [6.45, 7) is 4.12. The van der Waals surface area contributed by atoms with Crippen LogP contribution in [-0.4, -0.2) is 0 Å². The van der Waals surface area contributed by atoms with Gasteiger partial charge in [-0.15, -0.1) is 0 Å². The first kappa shape index (κ1) is 21.3. The van der Waals surface area contributed by atoms with Crippen molar-refractivity contribution in [1.82, 2.24) is 0 Å². The molecule has 0 amide bonds. The SMILES string of the molecule is CCCCCCCc1ccc(-c2ccc3c(c2)c(=O)oc2c(F)c(CC)ccc23)cc1. The van der Waals surface area contributed by atoms with Gasteiger partial charge in [-0.25, -0.2) is 9.18 Å². The molecule has 4 rings (SSSR count). The van der Waals surface area contributed by atoms with Gasteiger partial charge in [0.1, 0.15) is 0 Å². The van der Waals surface area contributed by atoms with Gasteiger partial charge < -0.3 is 4.42 Å². The molecule has 0 unspecified atom stereocenters. The Hall–Kier alpha value is -2.94. The molecule has 160 valence electrons. The Balaban J connectivity index is 1.63. The van der Waals surface area contributed by atoms with E-state index in [1.807, 2.05) is 31.2 Å². The van der Waals surface area contributed by atoms with E-state index < -0.39 is 11.4 Å². The van der Waals surface area contributed by atoms with E-state index in [2.05, 4.69) is 31.2 Å². The first-order valence-corrected chi connectivity index (χ1v) is 11.4. The van der Waals surface area contributed by atoms with Crippen LogP contribution in [0.4, 0.5) is 4.39 Å². The van der Waals surface area contributed by atoms with Crippen LogP contribution in [0.1, 0.15) is 57.1 Å². The predicted molar refractivity (Wildman–Crippen MR) is 127 cm³/mol. The Morgan fingerprint density at radius 3 is 2.23 bits per heavy atom. The van der Waals surface area contributed by atoms with Crippen LogP contribution in [0.5, 0.6) is 0 Å². The lowest BCUT2D eigenvalue weighted by atomic mass is 9.98. The minimum atomic E-state index is -0.500. The number of hydrogen-bond donors (Lipinski definition) is 0. The summed E-state index contributed by atoms with van der Waals surface area (Å²) in [5.74, 6) is -0.437. The molecule has 0 spiro atoms. The average Bonchev–Trinajstić information content (AvgIpc) is 2.80. The maximum absolute atomic E-state index is 14.7. The minimum Gasteiger partial charge on any atom is -0.419 e. The molecule has 0 N–H and O–H groups in total. The largest absolute Gasteiger partial charge is 0.419 e. The first-order chi connectivity index (χ1) is 15.1. The van der Waals surface area contributed by atoms with E-state index in [-0.39, 0.29) is 5.58 Å². The zero-order chi connectivity index (χ0) is 21.8. The third-order valence-electron chi connectivity index (χ3n) is 6.14. The molecule has 0 aliphatic heterocycles. The maximum atomic E-state index is 14.7. The van der Waals surface area contributed by atoms with Crippen molar-refractivity contribution in [2.24, 2.45) is 0 Å². The number of halogens is 1. The molecule has 0 aliphatic rings. The summed E-state index contributed by atoms with van der Waals surface area (Å²) >= 11 is 0. The van der Waals surface area contributed by atoms with Crippen molar-refractivity contribution in [1.29, 1.82) is 0 Å². The lowest BCUT2D eigenvalue weighted by Gasteiger charge is -2.09. The number of hydrogen-bond acceptors (Lipinski definition) is 2. The highest BCUT2D eigenvalue weighted by Gasteiger charge is 2.14. The van der Waals surface area contributed by atoms with Gasteiger partial charge in [-0.2, -0.15) is 0 Å². The van der Waals surface area contributed by atoms with Crippen LogP contribution >= 0.6 is 0 Å². The Morgan fingerprint density at radius 2 is 1.48 bits per heavy atom. The van der Waals surface area contributed by atoms with Crippen molar-refractivity contribution in [2.75, 3.05) is 0 Å². The molecule has 0 atom stereocenters. The van der Waals surface area contributed by atoms with E-state index in [9.17, 15) is 9.18 Å². The minimum absolute atomic E-state index is 0.0490. The second-order valence-electron chi connectivity index (χ2n) is 8.28. The van der Waals surface area contributed by atoms with Crippen LogP contribution in [0.3, 0.4) is 0 Å². The Labute approximate surface area is 182 Å². The smallest absolute Gasteiger partial charge is 0.344 e. The molecule has 1 aromatic heterocycles. The number of benzene rings is 3. The van der Waals surface area contributed by atoms with Crippen molar-refractivity contribution < 1.29 is 8.81 Å². The topological polar surface area (TPSA) is 30.2 Å². The Kier molecular flexibility index (Phi) is 6.50. The van der Waals surface area contributed by atoms with E-state index in [4.69, 9.17) is 4.42 Å². The van der Waals surface area contributed by atoms with Crippen LogP contribution < -0.4 is 5.63 Å². The van der Waals surface area contributed by atoms with Crippen molar-refractivity contribution in [3.05, 3.63) is 82.0 Å². The molecular formula is C28H29FO2. The highest BCUT2D eigenvalue weighted by molar-refractivity contribution is 6.05. The highest BCUT2D eigenvalue weighted by Crippen LogP contribution is 2.30. The van der Waals surface area contributed by atoms with E-state index >= 15 is 0 Å². The van der Waals surface area contributed by atoms with Gasteiger partial charge in [-0.1, -0.05) is 88.1 Å². The molecule has 2 nitrogen and oxygen atoms in total. The quantitative estimate of drug-likeness (QED) is 0.166. The summed E-state index contributed by atoms with van der Waals surface area (Å²) in [6.07, 6.45) is 8.05. The lowest BCUT2D eigenvalue weighted by Crippen LogP contribution is -2.02. The number of rotatable bonds is 8. The Morgan fingerprint density at radius 1 is 0.774 bits per heavy atom. The van der Waals surface area contributed by atoms with Gasteiger partial charge in [-0.05, 0) is 47.6 Å². The van der Waals surface area contributed by atoms with E-state index in [1.165, 1.54) is 37.7 Å². The maximum Gasteiger partial charge on any atom is 0.344 e. The van der Waals surface area contributed by atoms with E-state index in [1.54, 1.807) is 6.07 Å². The Bertz CT molecular complexity index is 1250. The van der Waals surface area contributed by atoms with Crippen LogP contribution in [0.15, 0.2) is 63.8 Å². The molecule has 1 heterocycles. The van der Waals surface area contributed by atoms with Crippen LogP contribution in [0.25, 0.3) is 32.9 Å². The summed E-state index contributed by atoms with van der Waals surface area (Å²) in [6, 6.07) is 17.9. The average molecular weight is 417 g/mol. The van der Waals surface area contributed by atoms with E-state index in [0.29, 0.717) is 22.8 Å². The zero-order valence-electron chi connectivity index (χ0n) is 18.3. The number of aryl methyl sites for hydroxylation is 2. The first-order valence-electron chi connectivity index (χ1n) is 11.4. The lowest BCUT2D eigenvalue weighted by molar-refractivity contribution is 0.525. The van der Waals surface area contributed by atoms with Crippen molar-refractivity contribution >= 4 is 21.7 Å². The van der Waals surface area contributed by atoms with Gasteiger partial charge in [0.05, 0.1) is 5.39 Å². The normalized spacial score (nSPS) is 11.5.